The highest BCUT2D eigenvalue weighted by Gasteiger charge is 2.15. The van der Waals surface area contributed by atoms with Crippen LogP contribution < -0.4 is 4.90 Å². The van der Waals surface area contributed by atoms with E-state index in [9.17, 15) is 0 Å². The number of rotatable bonds is 3. The maximum atomic E-state index is 4.50. The van der Waals surface area contributed by atoms with Crippen molar-refractivity contribution < 1.29 is 0 Å². The van der Waals surface area contributed by atoms with Gasteiger partial charge in [-0.1, -0.05) is 12.1 Å². The van der Waals surface area contributed by atoms with Crippen LogP contribution in [0.4, 0.5) is 5.82 Å². The molecule has 0 aromatic carbocycles. The minimum Gasteiger partial charge on any atom is -0.353 e. The molecule has 102 valence electrons. The summed E-state index contributed by atoms with van der Waals surface area (Å²) in [4.78, 5) is 10.7. The fourth-order valence-electron chi connectivity index (χ4n) is 2.18. The quantitative estimate of drug-likeness (QED) is 0.793. The third-order valence-electron chi connectivity index (χ3n) is 3.28. The molecular weight excluding hydrogens is 250 g/mol. The molecule has 2 aromatic heterocycles. The van der Waals surface area contributed by atoms with Gasteiger partial charge in [-0.05, 0) is 18.2 Å². The Kier molecular flexibility index (Phi) is 3.87. The molecule has 0 N–H and O–H groups in total. The van der Waals surface area contributed by atoms with Gasteiger partial charge in [0.2, 0.25) is 0 Å². The zero-order chi connectivity index (χ0) is 13.6. The van der Waals surface area contributed by atoms with E-state index in [2.05, 4.69) is 31.0 Å². The highest BCUT2D eigenvalue weighted by atomic mass is 15.5. The summed E-state index contributed by atoms with van der Waals surface area (Å²) in [6.45, 7) is 3.71. The van der Waals surface area contributed by atoms with Crippen molar-refractivity contribution in [3.05, 3.63) is 54.5 Å². The second-order valence-corrected chi connectivity index (χ2v) is 4.66. The van der Waals surface area contributed by atoms with Crippen molar-refractivity contribution in [2.75, 3.05) is 31.1 Å². The highest BCUT2D eigenvalue weighted by Crippen LogP contribution is 2.12. The van der Waals surface area contributed by atoms with E-state index in [0.29, 0.717) is 0 Å². The molecule has 1 fully saturated rings. The molecule has 20 heavy (non-hydrogen) atoms. The molecule has 0 aliphatic carbocycles. The molecule has 5 heteroatoms. The van der Waals surface area contributed by atoms with Gasteiger partial charge in [-0.2, -0.15) is 5.10 Å². The summed E-state index contributed by atoms with van der Waals surface area (Å²) in [6.07, 6.45) is 7.28. The summed E-state index contributed by atoms with van der Waals surface area (Å²) in [5, 5.41) is 6.59. The van der Waals surface area contributed by atoms with Gasteiger partial charge in [0.15, 0.2) is 0 Å². The smallest absolute Gasteiger partial charge is 0.128 e. The first-order valence-corrected chi connectivity index (χ1v) is 6.77. The summed E-state index contributed by atoms with van der Waals surface area (Å²) < 4.78 is 0. The second-order valence-electron chi connectivity index (χ2n) is 4.66. The van der Waals surface area contributed by atoms with E-state index in [0.717, 1.165) is 37.6 Å². The van der Waals surface area contributed by atoms with Gasteiger partial charge in [0, 0.05) is 37.2 Å². The lowest BCUT2D eigenvalue weighted by atomic mass is 10.3. The molecule has 0 bridgehead atoms. The Morgan fingerprint density at radius 2 is 1.90 bits per heavy atom. The van der Waals surface area contributed by atoms with Crippen molar-refractivity contribution in [1.82, 2.24) is 15.0 Å². The van der Waals surface area contributed by atoms with Crippen molar-refractivity contribution in [2.24, 2.45) is 5.10 Å². The molecule has 0 saturated carbocycles. The van der Waals surface area contributed by atoms with Crippen molar-refractivity contribution in [3.63, 3.8) is 0 Å². The van der Waals surface area contributed by atoms with Crippen LogP contribution in [0.15, 0.2) is 54.0 Å². The van der Waals surface area contributed by atoms with Gasteiger partial charge in [0.05, 0.1) is 19.3 Å². The Morgan fingerprint density at radius 1 is 1.00 bits per heavy atom. The molecule has 2 aromatic rings. The van der Waals surface area contributed by atoms with E-state index >= 15 is 0 Å². The normalized spacial score (nSPS) is 15.8. The van der Waals surface area contributed by atoms with Crippen molar-refractivity contribution in [3.8, 4) is 0 Å². The van der Waals surface area contributed by atoms with E-state index in [1.165, 1.54) is 0 Å². The highest BCUT2D eigenvalue weighted by molar-refractivity contribution is 5.78. The average molecular weight is 267 g/mol. The zero-order valence-electron chi connectivity index (χ0n) is 11.3. The third kappa shape index (κ3) is 3.12. The molecule has 0 unspecified atom stereocenters. The number of hydrazone groups is 1. The van der Waals surface area contributed by atoms with E-state index in [1.807, 2.05) is 42.9 Å². The first kappa shape index (κ1) is 12.6. The zero-order valence-corrected chi connectivity index (χ0v) is 11.3. The van der Waals surface area contributed by atoms with E-state index < -0.39 is 0 Å². The summed E-state index contributed by atoms with van der Waals surface area (Å²) in [7, 11) is 0. The van der Waals surface area contributed by atoms with Crippen LogP contribution >= 0.6 is 0 Å². The maximum absolute atomic E-state index is 4.50. The number of nitrogens with zero attached hydrogens (tertiary/aromatic N) is 5. The number of anilines is 1. The number of pyridine rings is 2. The fraction of sp³-hybridized carbons (Fsp3) is 0.267. The van der Waals surface area contributed by atoms with Crippen LogP contribution in [0.3, 0.4) is 0 Å². The van der Waals surface area contributed by atoms with Crippen molar-refractivity contribution in [2.45, 2.75) is 0 Å². The summed E-state index contributed by atoms with van der Waals surface area (Å²) in [5.41, 5.74) is 1.03. The van der Waals surface area contributed by atoms with E-state index in [1.54, 1.807) is 6.20 Å². The average Bonchev–Trinajstić information content (AvgIpc) is 2.55. The van der Waals surface area contributed by atoms with Gasteiger partial charge in [0.1, 0.15) is 5.82 Å². The van der Waals surface area contributed by atoms with Crippen LogP contribution in [-0.2, 0) is 0 Å². The Balaban J connectivity index is 1.55. The number of hydrogen-bond acceptors (Lipinski definition) is 5. The van der Waals surface area contributed by atoms with Gasteiger partial charge in [0.25, 0.3) is 0 Å². The van der Waals surface area contributed by atoms with Crippen LogP contribution in [0.1, 0.15) is 5.56 Å². The molecule has 1 aliphatic heterocycles. The third-order valence-corrected chi connectivity index (χ3v) is 3.28. The number of aromatic nitrogens is 2. The first-order chi connectivity index (χ1) is 9.92. The minimum atomic E-state index is 0.910. The lowest BCUT2D eigenvalue weighted by Gasteiger charge is -2.33. The standard InChI is InChI=1S/C15H17N5/c1-2-7-17-15(5-1)19-8-10-20(11-9-19)18-13-14-4-3-6-16-12-14/h1-7,12-13H,8-11H2/b18-13-. The molecule has 5 nitrogen and oxygen atoms in total. The first-order valence-electron chi connectivity index (χ1n) is 6.77. The van der Waals surface area contributed by atoms with E-state index in [-0.39, 0.29) is 0 Å². The van der Waals surface area contributed by atoms with E-state index in [4.69, 9.17) is 0 Å². The number of hydrogen-bond donors (Lipinski definition) is 0. The SMILES string of the molecule is C(=N/N1CCN(c2ccccn2)CC1)/c1cccnc1. The Bertz CT molecular complexity index is 547. The van der Waals surface area contributed by atoms with Crippen LogP contribution in [0.2, 0.25) is 0 Å². The van der Waals surface area contributed by atoms with Gasteiger partial charge in [-0.15, -0.1) is 0 Å². The molecule has 0 spiro atoms. The largest absolute Gasteiger partial charge is 0.353 e. The van der Waals surface area contributed by atoms with Crippen LogP contribution in [0, 0.1) is 0 Å². The summed E-state index contributed by atoms with van der Waals surface area (Å²) in [5.74, 6) is 1.04. The van der Waals surface area contributed by atoms with Crippen LogP contribution in [0.25, 0.3) is 0 Å². The lowest BCUT2D eigenvalue weighted by molar-refractivity contribution is 0.271. The molecule has 0 atom stereocenters. The lowest BCUT2D eigenvalue weighted by Crippen LogP contribution is -2.44. The summed E-state index contributed by atoms with van der Waals surface area (Å²) >= 11 is 0. The van der Waals surface area contributed by atoms with Crippen LogP contribution in [0.5, 0.6) is 0 Å². The van der Waals surface area contributed by atoms with Crippen molar-refractivity contribution >= 4 is 12.0 Å². The van der Waals surface area contributed by atoms with Gasteiger partial charge >= 0.3 is 0 Å². The predicted molar refractivity (Wildman–Crippen MR) is 79.9 cm³/mol. The monoisotopic (exact) mass is 267 g/mol. The topological polar surface area (TPSA) is 44.6 Å². The van der Waals surface area contributed by atoms with Gasteiger partial charge in [-0.25, -0.2) is 4.98 Å². The molecule has 1 aliphatic rings. The molecule has 1 saturated heterocycles. The Hall–Kier alpha value is -2.43. The minimum absolute atomic E-state index is 0.910. The van der Waals surface area contributed by atoms with Gasteiger partial charge in [-0.3, -0.25) is 9.99 Å². The van der Waals surface area contributed by atoms with Gasteiger partial charge < -0.3 is 4.90 Å². The molecular formula is C15H17N5. The molecule has 3 rings (SSSR count). The summed E-state index contributed by atoms with van der Waals surface area (Å²) in [6, 6.07) is 9.93. The molecule has 0 radical (unpaired) electrons. The van der Waals surface area contributed by atoms with Crippen molar-refractivity contribution in [1.29, 1.82) is 0 Å². The Labute approximate surface area is 118 Å². The predicted octanol–water partition coefficient (Wildman–Crippen LogP) is 1.63. The molecule has 3 heterocycles. The fourth-order valence-corrected chi connectivity index (χ4v) is 2.18. The number of piperazine rings is 1. The maximum Gasteiger partial charge on any atom is 0.128 e. The second kappa shape index (κ2) is 6.14. The Morgan fingerprint density at radius 3 is 2.60 bits per heavy atom. The molecule has 0 amide bonds. The van der Waals surface area contributed by atoms with Crippen LogP contribution in [-0.4, -0.2) is 47.4 Å².